The third kappa shape index (κ3) is 3.67. The van der Waals surface area contributed by atoms with Crippen molar-refractivity contribution in [3.05, 3.63) is 27.9 Å². The second kappa shape index (κ2) is 6.50. The maximum Gasteiger partial charge on any atom is 0.337 e. The Kier molecular flexibility index (Phi) is 5.00. The molecule has 1 aromatic heterocycles. The zero-order valence-corrected chi connectivity index (χ0v) is 9.75. The lowest BCUT2D eigenvalue weighted by Crippen LogP contribution is -2.12. The summed E-state index contributed by atoms with van der Waals surface area (Å²) in [5.74, 6) is -1.23. The number of aromatic carboxylic acids is 1. The average molecular weight is 255 g/mol. The predicted octanol–water partition coefficient (Wildman–Crippen LogP) is 1.14. The lowest BCUT2D eigenvalue weighted by atomic mass is 10.2. The molecule has 0 aromatic carbocycles. The Morgan fingerprint density at radius 1 is 1.67 bits per heavy atom. The van der Waals surface area contributed by atoms with Crippen molar-refractivity contribution in [2.45, 2.75) is 6.92 Å². The molecule has 0 aliphatic rings. The third-order valence-corrected chi connectivity index (χ3v) is 2.05. The number of nitrogens with one attached hydrogen (secondary N) is 1. The van der Waals surface area contributed by atoms with E-state index in [2.05, 4.69) is 10.3 Å². The fourth-order valence-corrected chi connectivity index (χ4v) is 1.23. The Hall–Kier alpha value is -2.22. The first-order valence-corrected chi connectivity index (χ1v) is 5.25. The first kappa shape index (κ1) is 13.8. The maximum absolute atomic E-state index is 10.8. The van der Waals surface area contributed by atoms with Gasteiger partial charge < -0.3 is 15.2 Å². The molecule has 0 unspecified atom stereocenters. The molecular weight excluding hydrogens is 242 g/mol. The monoisotopic (exact) mass is 255 g/mol. The highest BCUT2D eigenvalue weighted by Crippen LogP contribution is 2.22. The second-order valence-corrected chi connectivity index (χ2v) is 3.28. The molecule has 0 spiro atoms. The zero-order valence-electron chi connectivity index (χ0n) is 9.75. The summed E-state index contributed by atoms with van der Waals surface area (Å²) in [6.07, 6.45) is 1.07. The van der Waals surface area contributed by atoms with Crippen LogP contribution in [0.2, 0.25) is 0 Å². The van der Waals surface area contributed by atoms with Gasteiger partial charge in [-0.25, -0.2) is 9.78 Å². The Morgan fingerprint density at radius 2 is 2.39 bits per heavy atom. The van der Waals surface area contributed by atoms with E-state index in [9.17, 15) is 14.9 Å². The number of hydrogen-bond acceptors (Lipinski definition) is 6. The minimum absolute atomic E-state index is 0.0321. The third-order valence-electron chi connectivity index (χ3n) is 2.05. The molecule has 0 saturated carbocycles. The molecule has 0 radical (unpaired) electrons. The van der Waals surface area contributed by atoms with Crippen molar-refractivity contribution in [3.8, 4) is 0 Å². The predicted molar refractivity (Wildman–Crippen MR) is 62.8 cm³/mol. The van der Waals surface area contributed by atoms with E-state index in [1.54, 1.807) is 0 Å². The molecule has 8 heteroatoms. The molecule has 0 aliphatic carbocycles. The molecule has 18 heavy (non-hydrogen) atoms. The molecule has 0 saturated heterocycles. The van der Waals surface area contributed by atoms with Crippen LogP contribution in [0.4, 0.5) is 11.5 Å². The normalized spacial score (nSPS) is 10.1. The van der Waals surface area contributed by atoms with Crippen molar-refractivity contribution in [1.29, 1.82) is 0 Å². The Morgan fingerprint density at radius 3 is 2.94 bits per heavy atom. The van der Waals surface area contributed by atoms with Crippen molar-refractivity contribution >= 4 is 17.5 Å². The number of nitro groups is 1. The molecule has 0 amide bonds. The van der Waals surface area contributed by atoms with E-state index in [1.165, 1.54) is 0 Å². The fourth-order valence-electron chi connectivity index (χ4n) is 1.23. The number of anilines is 1. The van der Waals surface area contributed by atoms with E-state index in [1.807, 2.05) is 6.92 Å². The van der Waals surface area contributed by atoms with Crippen LogP contribution >= 0.6 is 0 Å². The van der Waals surface area contributed by atoms with Gasteiger partial charge in [0, 0.05) is 25.4 Å². The van der Waals surface area contributed by atoms with Crippen LogP contribution in [-0.4, -0.2) is 40.7 Å². The van der Waals surface area contributed by atoms with Crippen LogP contribution < -0.4 is 5.32 Å². The minimum atomic E-state index is -1.26. The molecule has 0 aliphatic heterocycles. The summed E-state index contributed by atoms with van der Waals surface area (Å²) in [4.78, 5) is 24.5. The van der Waals surface area contributed by atoms with Gasteiger partial charge in [0.05, 0.1) is 17.1 Å². The number of carbonyl (C=O) groups is 1. The number of rotatable bonds is 7. The fraction of sp³-hybridized carbons (Fsp3) is 0.400. The molecule has 8 nitrogen and oxygen atoms in total. The SMILES string of the molecule is CCOCCNc1ncc(C(=O)O)cc1[N+](=O)[O-]. The largest absolute Gasteiger partial charge is 0.478 e. The summed E-state index contributed by atoms with van der Waals surface area (Å²) in [5.41, 5.74) is -0.594. The molecule has 0 atom stereocenters. The maximum atomic E-state index is 10.8. The van der Waals surface area contributed by atoms with E-state index < -0.39 is 10.9 Å². The van der Waals surface area contributed by atoms with E-state index in [0.717, 1.165) is 12.3 Å². The van der Waals surface area contributed by atoms with Gasteiger partial charge in [-0.1, -0.05) is 0 Å². The number of carboxylic acid groups (broad SMARTS) is 1. The topological polar surface area (TPSA) is 115 Å². The minimum Gasteiger partial charge on any atom is -0.478 e. The summed E-state index contributed by atoms with van der Waals surface area (Å²) in [6, 6.07) is 0.971. The standard InChI is InChI=1S/C10H13N3O5/c1-2-18-4-3-11-9-8(13(16)17)5-7(6-12-9)10(14)15/h5-6H,2-4H2,1H3,(H,11,12)(H,14,15). The van der Waals surface area contributed by atoms with Crippen LogP contribution in [0.3, 0.4) is 0 Å². The first-order chi connectivity index (χ1) is 8.56. The van der Waals surface area contributed by atoms with Gasteiger partial charge in [-0.15, -0.1) is 0 Å². The lowest BCUT2D eigenvalue weighted by molar-refractivity contribution is -0.384. The highest BCUT2D eigenvalue weighted by atomic mass is 16.6. The second-order valence-electron chi connectivity index (χ2n) is 3.28. The highest BCUT2D eigenvalue weighted by Gasteiger charge is 2.18. The van der Waals surface area contributed by atoms with Gasteiger partial charge in [-0.05, 0) is 6.92 Å². The summed E-state index contributed by atoms with van der Waals surface area (Å²) >= 11 is 0. The van der Waals surface area contributed by atoms with Gasteiger partial charge in [0.25, 0.3) is 0 Å². The molecule has 1 rings (SSSR count). The number of hydrogen-bond donors (Lipinski definition) is 2. The summed E-state index contributed by atoms with van der Waals surface area (Å²) in [5, 5.41) is 22.2. The number of nitrogens with zero attached hydrogens (tertiary/aromatic N) is 2. The Bertz CT molecular complexity index is 449. The molecular formula is C10H13N3O5. The van der Waals surface area contributed by atoms with Gasteiger partial charge in [0.15, 0.2) is 0 Å². The Labute approximate surface area is 103 Å². The molecule has 1 aromatic rings. The number of pyridine rings is 1. The van der Waals surface area contributed by atoms with Gasteiger partial charge in [-0.2, -0.15) is 0 Å². The van der Waals surface area contributed by atoms with Crippen LogP contribution in [0.1, 0.15) is 17.3 Å². The number of aromatic nitrogens is 1. The van der Waals surface area contributed by atoms with Crippen LogP contribution in [0.25, 0.3) is 0 Å². The summed E-state index contributed by atoms with van der Waals surface area (Å²) in [6.45, 7) is 3.13. The van der Waals surface area contributed by atoms with Crippen molar-refractivity contribution < 1.29 is 19.6 Å². The van der Waals surface area contributed by atoms with Crippen molar-refractivity contribution in [2.24, 2.45) is 0 Å². The smallest absolute Gasteiger partial charge is 0.337 e. The van der Waals surface area contributed by atoms with Gasteiger partial charge in [0.2, 0.25) is 5.82 Å². The molecule has 0 bridgehead atoms. The average Bonchev–Trinajstić information content (AvgIpc) is 2.34. The first-order valence-electron chi connectivity index (χ1n) is 5.25. The highest BCUT2D eigenvalue weighted by molar-refractivity contribution is 5.88. The van der Waals surface area contributed by atoms with Gasteiger partial charge in [-0.3, -0.25) is 10.1 Å². The molecule has 98 valence electrons. The molecule has 2 N–H and O–H groups in total. The lowest BCUT2D eigenvalue weighted by Gasteiger charge is -2.06. The van der Waals surface area contributed by atoms with Crippen LogP contribution in [0.15, 0.2) is 12.3 Å². The van der Waals surface area contributed by atoms with Crippen molar-refractivity contribution in [1.82, 2.24) is 4.98 Å². The number of carboxylic acids is 1. The number of ether oxygens (including phenoxy) is 1. The Balaban J connectivity index is 2.83. The van der Waals surface area contributed by atoms with E-state index >= 15 is 0 Å². The summed E-state index contributed by atoms with van der Waals surface area (Å²) in [7, 11) is 0. The van der Waals surface area contributed by atoms with E-state index in [0.29, 0.717) is 19.8 Å². The van der Waals surface area contributed by atoms with Crippen molar-refractivity contribution in [3.63, 3.8) is 0 Å². The van der Waals surface area contributed by atoms with Crippen LogP contribution in [0.5, 0.6) is 0 Å². The van der Waals surface area contributed by atoms with E-state index in [4.69, 9.17) is 9.84 Å². The molecule has 1 heterocycles. The van der Waals surface area contributed by atoms with Gasteiger partial charge >= 0.3 is 11.7 Å². The molecule has 0 fully saturated rings. The van der Waals surface area contributed by atoms with E-state index in [-0.39, 0.29) is 17.1 Å². The van der Waals surface area contributed by atoms with Crippen LogP contribution in [0, 0.1) is 10.1 Å². The van der Waals surface area contributed by atoms with Gasteiger partial charge in [0.1, 0.15) is 0 Å². The van der Waals surface area contributed by atoms with Crippen LogP contribution in [-0.2, 0) is 4.74 Å². The van der Waals surface area contributed by atoms with Crippen molar-refractivity contribution in [2.75, 3.05) is 25.1 Å². The quantitative estimate of drug-likeness (QED) is 0.426. The summed E-state index contributed by atoms with van der Waals surface area (Å²) < 4.78 is 5.06. The zero-order chi connectivity index (χ0) is 13.5.